The Hall–Kier alpha value is -1.69. The van der Waals surface area contributed by atoms with Crippen LogP contribution in [0, 0.1) is 0 Å². The Labute approximate surface area is 130 Å². The van der Waals surface area contributed by atoms with Gasteiger partial charge in [-0.2, -0.15) is 5.10 Å². The van der Waals surface area contributed by atoms with Crippen molar-refractivity contribution < 1.29 is 4.79 Å². The Balaban J connectivity index is 1.82. The number of hydrogen-bond donors (Lipinski definition) is 1. The summed E-state index contributed by atoms with van der Waals surface area (Å²) in [6.07, 6.45) is 4.03. The van der Waals surface area contributed by atoms with E-state index in [-0.39, 0.29) is 29.6 Å². The Kier molecular flexibility index (Phi) is 4.29. The molecule has 120 valence electrons. The smallest absolute Gasteiger partial charge is 0.264 e. The Morgan fingerprint density at radius 3 is 2.55 bits per heavy atom. The fourth-order valence-corrected chi connectivity index (χ4v) is 3.72. The molecule has 1 N–H and O–H groups in total. The van der Waals surface area contributed by atoms with Gasteiger partial charge in [0.2, 0.25) is 5.91 Å². The summed E-state index contributed by atoms with van der Waals surface area (Å²) in [6.45, 7) is 5.94. The predicted octanol–water partition coefficient (Wildman–Crippen LogP) is 1.31. The fraction of sp³-hybridized carbons (Fsp3) is 0.688. The summed E-state index contributed by atoms with van der Waals surface area (Å²) in [5.41, 5.74) is 0.680. The van der Waals surface area contributed by atoms with Crippen molar-refractivity contribution in [1.82, 2.24) is 20.0 Å². The van der Waals surface area contributed by atoms with Crippen LogP contribution in [0.4, 0.5) is 0 Å². The van der Waals surface area contributed by atoms with Crippen LogP contribution >= 0.6 is 0 Å². The van der Waals surface area contributed by atoms with Crippen molar-refractivity contribution >= 4 is 5.91 Å². The topological polar surface area (TPSA) is 69.3 Å². The lowest BCUT2D eigenvalue weighted by Crippen LogP contribution is -2.54. The van der Waals surface area contributed by atoms with E-state index in [1.54, 1.807) is 6.07 Å². The Morgan fingerprint density at radius 2 is 1.86 bits per heavy atom. The number of carbonyl (C=O) groups excluding carboxylic acids is 1. The number of aromatic amines is 1. The standard InChI is InChI=1S/C16H24N4O2/c1-11(2)19-9-4-6-14(16(19)22)20-10-3-5-13(20)12-7-8-15(21)18-17-12/h7-8,11,13-14H,3-6,9-10H2,1-2H3,(H,18,21). The number of likely N-dealkylation sites (tertiary alicyclic amines) is 2. The second-order valence-corrected chi connectivity index (χ2v) is 6.53. The van der Waals surface area contributed by atoms with Gasteiger partial charge in [-0.25, -0.2) is 5.10 Å². The quantitative estimate of drug-likeness (QED) is 0.914. The molecule has 0 radical (unpaired) electrons. The van der Waals surface area contributed by atoms with Gasteiger partial charge >= 0.3 is 0 Å². The van der Waals surface area contributed by atoms with E-state index in [4.69, 9.17) is 0 Å². The summed E-state index contributed by atoms with van der Waals surface area (Å²) in [6, 6.07) is 3.65. The van der Waals surface area contributed by atoms with Crippen LogP contribution in [-0.4, -0.2) is 51.1 Å². The van der Waals surface area contributed by atoms with Crippen molar-refractivity contribution in [1.29, 1.82) is 0 Å². The average Bonchev–Trinajstić information content (AvgIpc) is 2.97. The van der Waals surface area contributed by atoms with Gasteiger partial charge in [0, 0.05) is 18.7 Å². The summed E-state index contributed by atoms with van der Waals surface area (Å²) in [5, 5.41) is 6.69. The van der Waals surface area contributed by atoms with Gasteiger partial charge < -0.3 is 4.90 Å². The largest absolute Gasteiger partial charge is 0.339 e. The molecule has 0 bridgehead atoms. The minimum absolute atomic E-state index is 0.0441. The molecule has 2 saturated heterocycles. The van der Waals surface area contributed by atoms with Gasteiger partial charge in [-0.15, -0.1) is 0 Å². The predicted molar refractivity (Wildman–Crippen MR) is 83.4 cm³/mol. The van der Waals surface area contributed by atoms with E-state index >= 15 is 0 Å². The highest BCUT2D eigenvalue weighted by atomic mass is 16.2. The molecule has 2 aliphatic rings. The summed E-state index contributed by atoms with van der Waals surface area (Å²) in [4.78, 5) is 28.3. The number of H-pyrrole nitrogens is 1. The van der Waals surface area contributed by atoms with Gasteiger partial charge in [-0.1, -0.05) is 0 Å². The first kappa shape index (κ1) is 15.2. The highest BCUT2D eigenvalue weighted by Gasteiger charge is 2.40. The lowest BCUT2D eigenvalue weighted by atomic mass is 10.00. The average molecular weight is 304 g/mol. The molecule has 2 fully saturated rings. The normalized spacial score (nSPS) is 26.9. The van der Waals surface area contributed by atoms with Crippen LogP contribution in [-0.2, 0) is 4.79 Å². The molecule has 0 aromatic carbocycles. The molecule has 6 heteroatoms. The monoisotopic (exact) mass is 304 g/mol. The lowest BCUT2D eigenvalue weighted by Gasteiger charge is -2.40. The van der Waals surface area contributed by atoms with Crippen molar-refractivity contribution in [2.45, 2.75) is 57.7 Å². The van der Waals surface area contributed by atoms with Crippen LogP contribution in [0.2, 0.25) is 0 Å². The van der Waals surface area contributed by atoms with E-state index in [1.807, 2.05) is 4.90 Å². The van der Waals surface area contributed by atoms with Crippen LogP contribution in [0.25, 0.3) is 0 Å². The van der Waals surface area contributed by atoms with E-state index in [9.17, 15) is 9.59 Å². The van der Waals surface area contributed by atoms with Crippen molar-refractivity contribution in [2.75, 3.05) is 13.1 Å². The van der Waals surface area contributed by atoms with Crippen LogP contribution in [0.5, 0.6) is 0 Å². The van der Waals surface area contributed by atoms with Crippen molar-refractivity contribution in [2.24, 2.45) is 0 Å². The first-order valence-electron chi connectivity index (χ1n) is 8.20. The van der Waals surface area contributed by atoms with Crippen molar-refractivity contribution in [3.05, 3.63) is 28.2 Å². The highest BCUT2D eigenvalue weighted by Crippen LogP contribution is 2.35. The minimum atomic E-state index is -0.187. The first-order valence-corrected chi connectivity index (χ1v) is 8.20. The van der Waals surface area contributed by atoms with Gasteiger partial charge in [-0.05, 0) is 52.1 Å². The number of hydrogen-bond acceptors (Lipinski definition) is 4. The zero-order valence-corrected chi connectivity index (χ0v) is 13.3. The molecular formula is C16H24N4O2. The van der Waals surface area contributed by atoms with E-state index in [0.717, 1.165) is 44.5 Å². The first-order chi connectivity index (χ1) is 10.6. The van der Waals surface area contributed by atoms with E-state index in [0.29, 0.717) is 0 Å². The maximum Gasteiger partial charge on any atom is 0.264 e. The molecule has 2 unspecified atom stereocenters. The molecule has 0 saturated carbocycles. The second-order valence-electron chi connectivity index (χ2n) is 6.53. The molecule has 2 aliphatic heterocycles. The number of aromatic nitrogens is 2. The molecule has 3 heterocycles. The maximum atomic E-state index is 12.8. The summed E-state index contributed by atoms with van der Waals surface area (Å²) >= 11 is 0. The molecular weight excluding hydrogens is 280 g/mol. The number of nitrogens with one attached hydrogen (secondary N) is 1. The summed E-state index contributed by atoms with van der Waals surface area (Å²) in [7, 11) is 0. The number of rotatable bonds is 3. The minimum Gasteiger partial charge on any atom is -0.339 e. The third kappa shape index (κ3) is 2.79. The molecule has 1 amide bonds. The van der Waals surface area contributed by atoms with Crippen molar-refractivity contribution in [3.63, 3.8) is 0 Å². The zero-order chi connectivity index (χ0) is 15.7. The molecule has 1 aromatic rings. The summed E-state index contributed by atoms with van der Waals surface area (Å²) < 4.78 is 0. The number of carbonyl (C=O) groups is 1. The van der Waals surface area contributed by atoms with Crippen molar-refractivity contribution in [3.8, 4) is 0 Å². The van der Waals surface area contributed by atoms with E-state index < -0.39 is 0 Å². The number of piperidine rings is 1. The van der Waals surface area contributed by atoms with E-state index in [1.165, 1.54) is 6.07 Å². The molecule has 2 atom stereocenters. The van der Waals surface area contributed by atoms with Gasteiger partial charge in [0.15, 0.2) is 0 Å². The SMILES string of the molecule is CC(C)N1CCCC(N2CCCC2c2ccc(=O)[nH]n2)C1=O. The Morgan fingerprint density at radius 1 is 1.14 bits per heavy atom. The molecule has 0 spiro atoms. The number of nitrogens with zero attached hydrogens (tertiary/aromatic N) is 3. The molecule has 3 rings (SSSR count). The van der Waals surface area contributed by atoms with E-state index in [2.05, 4.69) is 28.9 Å². The highest BCUT2D eigenvalue weighted by molar-refractivity contribution is 5.83. The molecule has 0 aliphatic carbocycles. The zero-order valence-electron chi connectivity index (χ0n) is 13.3. The van der Waals surface area contributed by atoms with Gasteiger partial charge in [-0.3, -0.25) is 14.5 Å². The third-order valence-electron chi connectivity index (χ3n) is 4.80. The third-order valence-corrected chi connectivity index (χ3v) is 4.80. The second kappa shape index (κ2) is 6.20. The van der Waals surface area contributed by atoms with Crippen LogP contribution in [0.15, 0.2) is 16.9 Å². The summed E-state index contributed by atoms with van der Waals surface area (Å²) in [5.74, 6) is 0.248. The van der Waals surface area contributed by atoms with Crippen LogP contribution in [0.3, 0.4) is 0 Å². The van der Waals surface area contributed by atoms with Crippen LogP contribution in [0.1, 0.15) is 51.3 Å². The lowest BCUT2D eigenvalue weighted by molar-refractivity contribution is -0.142. The van der Waals surface area contributed by atoms with Gasteiger partial charge in [0.05, 0.1) is 17.8 Å². The Bertz CT molecular complexity index is 578. The van der Waals surface area contributed by atoms with Crippen LogP contribution < -0.4 is 5.56 Å². The number of amides is 1. The molecule has 1 aromatic heterocycles. The molecule has 22 heavy (non-hydrogen) atoms. The van der Waals surface area contributed by atoms with Gasteiger partial charge in [0.25, 0.3) is 5.56 Å². The maximum absolute atomic E-state index is 12.8. The van der Waals surface area contributed by atoms with Gasteiger partial charge in [0.1, 0.15) is 0 Å². The fourth-order valence-electron chi connectivity index (χ4n) is 3.72. The molecule has 6 nitrogen and oxygen atoms in total.